The largest absolute Gasteiger partial charge is 0.399 e. The van der Waals surface area contributed by atoms with Gasteiger partial charge >= 0.3 is 0 Å². The highest BCUT2D eigenvalue weighted by Crippen LogP contribution is 2.11. The summed E-state index contributed by atoms with van der Waals surface area (Å²) in [6, 6.07) is 14.3. The molecular formula is C20H29N. The maximum absolute atomic E-state index is 5.46. The van der Waals surface area contributed by atoms with Gasteiger partial charge in [0.05, 0.1) is 0 Å². The molecule has 0 bridgehead atoms. The standard InChI is InChI=1S/C11H14.C7H9N.C2H6/c1-4-5-11-8-9(2)6-7-10(11)3;1-6-3-2-4-7(8)5-6;1-2/h4-8H,1-3H3;2-5H,8H2,1H3;1-2H3/b5-4-;;. The van der Waals surface area contributed by atoms with Crippen molar-refractivity contribution in [3.05, 3.63) is 70.8 Å². The van der Waals surface area contributed by atoms with Crippen LogP contribution in [0.5, 0.6) is 0 Å². The van der Waals surface area contributed by atoms with Crippen molar-refractivity contribution in [3.63, 3.8) is 0 Å². The van der Waals surface area contributed by atoms with E-state index in [-0.39, 0.29) is 0 Å². The summed E-state index contributed by atoms with van der Waals surface area (Å²) in [4.78, 5) is 0. The zero-order valence-electron chi connectivity index (χ0n) is 14.3. The summed E-state index contributed by atoms with van der Waals surface area (Å²) in [5, 5.41) is 0. The van der Waals surface area contributed by atoms with Crippen molar-refractivity contribution in [2.45, 2.75) is 41.5 Å². The summed E-state index contributed by atoms with van der Waals surface area (Å²) in [5.41, 5.74) is 11.5. The Labute approximate surface area is 130 Å². The topological polar surface area (TPSA) is 26.0 Å². The molecule has 0 saturated heterocycles. The first-order valence-corrected chi connectivity index (χ1v) is 7.55. The van der Waals surface area contributed by atoms with E-state index in [0.717, 1.165) is 5.69 Å². The van der Waals surface area contributed by atoms with Crippen LogP contribution in [0.1, 0.15) is 43.0 Å². The van der Waals surface area contributed by atoms with Crippen LogP contribution in [0, 0.1) is 20.8 Å². The zero-order valence-corrected chi connectivity index (χ0v) is 14.3. The quantitative estimate of drug-likeness (QED) is 0.644. The van der Waals surface area contributed by atoms with Crippen LogP contribution in [0.4, 0.5) is 5.69 Å². The van der Waals surface area contributed by atoms with E-state index in [1.165, 1.54) is 22.3 Å². The van der Waals surface area contributed by atoms with E-state index < -0.39 is 0 Å². The van der Waals surface area contributed by atoms with Crippen molar-refractivity contribution in [1.82, 2.24) is 0 Å². The van der Waals surface area contributed by atoms with Crippen molar-refractivity contribution in [3.8, 4) is 0 Å². The molecule has 114 valence electrons. The Morgan fingerprint density at radius 1 is 0.857 bits per heavy atom. The molecule has 0 atom stereocenters. The number of allylic oxidation sites excluding steroid dienone is 1. The molecule has 0 saturated carbocycles. The van der Waals surface area contributed by atoms with E-state index in [2.05, 4.69) is 44.2 Å². The summed E-state index contributed by atoms with van der Waals surface area (Å²) < 4.78 is 0. The first-order chi connectivity index (χ1) is 10.0. The van der Waals surface area contributed by atoms with Crippen molar-refractivity contribution in [2.75, 3.05) is 5.73 Å². The zero-order chi connectivity index (χ0) is 16.3. The van der Waals surface area contributed by atoms with E-state index in [1.54, 1.807) is 0 Å². The van der Waals surface area contributed by atoms with Crippen LogP contribution in [0.2, 0.25) is 0 Å². The van der Waals surface area contributed by atoms with Crippen LogP contribution in [0.15, 0.2) is 48.5 Å². The Kier molecular flexibility index (Phi) is 9.70. The van der Waals surface area contributed by atoms with Gasteiger partial charge < -0.3 is 5.73 Å². The maximum atomic E-state index is 5.46. The Hall–Kier alpha value is -2.02. The van der Waals surface area contributed by atoms with Gasteiger partial charge in [-0.1, -0.05) is 61.9 Å². The van der Waals surface area contributed by atoms with Gasteiger partial charge in [-0.2, -0.15) is 0 Å². The fourth-order valence-corrected chi connectivity index (χ4v) is 1.79. The lowest BCUT2D eigenvalue weighted by molar-refractivity contribution is 1.37. The average Bonchev–Trinajstić information content (AvgIpc) is 2.46. The SMILES string of the molecule is C/C=C\c1cc(C)ccc1C.CC.Cc1cccc(N)c1. The third kappa shape index (κ3) is 7.98. The molecule has 0 amide bonds. The van der Waals surface area contributed by atoms with Crippen LogP contribution in [0.25, 0.3) is 6.08 Å². The monoisotopic (exact) mass is 283 g/mol. The number of nitrogens with two attached hydrogens (primary N) is 1. The van der Waals surface area contributed by atoms with Crippen LogP contribution >= 0.6 is 0 Å². The highest BCUT2D eigenvalue weighted by atomic mass is 14.5. The number of hydrogen-bond donors (Lipinski definition) is 1. The highest BCUT2D eigenvalue weighted by Gasteiger charge is 1.92. The summed E-state index contributed by atoms with van der Waals surface area (Å²) in [5.74, 6) is 0. The number of rotatable bonds is 1. The van der Waals surface area contributed by atoms with Crippen LogP contribution in [0.3, 0.4) is 0 Å². The molecule has 0 unspecified atom stereocenters. The molecule has 0 aliphatic heterocycles. The smallest absolute Gasteiger partial charge is 0.0316 e. The van der Waals surface area contributed by atoms with Gasteiger partial charge in [-0.15, -0.1) is 0 Å². The van der Waals surface area contributed by atoms with Gasteiger partial charge in [-0.3, -0.25) is 0 Å². The molecule has 0 aromatic heterocycles. The fourth-order valence-electron chi connectivity index (χ4n) is 1.79. The van der Waals surface area contributed by atoms with Crippen molar-refractivity contribution >= 4 is 11.8 Å². The Morgan fingerprint density at radius 2 is 1.48 bits per heavy atom. The van der Waals surface area contributed by atoms with Crippen molar-refractivity contribution in [2.24, 2.45) is 0 Å². The van der Waals surface area contributed by atoms with Gasteiger partial charge in [-0.25, -0.2) is 0 Å². The lowest BCUT2D eigenvalue weighted by Gasteiger charge is -2.00. The second-order valence-electron chi connectivity index (χ2n) is 4.77. The molecule has 0 heterocycles. The van der Waals surface area contributed by atoms with Gasteiger partial charge in [0.2, 0.25) is 0 Å². The molecule has 1 heteroatoms. The van der Waals surface area contributed by atoms with Crippen LogP contribution in [-0.4, -0.2) is 0 Å². The normalized spacial score (nSPS) is 9.43. The number of hydrogen-bond acceptors (Lipinski definition) is 1. The molecular weight excluding hydrogens is 254 g/mol. The summed E-state index contributed by atoms with van der Waals surface area (Å²) in [6.45, 7) is 12.3. The third-order valence-corrected chi connectivity index (χ3v) is 2.82. The molecule has 2 aromatic rings. The van der Waals surface area contributed by atoms with E-state index in [9.17, 15) is 0 Å². The molecule has 0 aliphatic rings. The fraction of sp³-hybridized carbons (Fsp3) is 0.300. The van der Waals surface area contributed by atoms with Gasteiger partial charge in [-0.05, 0) is 56.5 Å². The van der Waals surface area contributed by atoms with Gasteiger partial charge in [0.25, 0.3) is 0 Å². The average molecular weight is 283 g/mol. The minimum Gasteiger partial charge on any atom is -0.399 e. The molecule has 0 spiro atoms. The second kappa shape index (κ2) is 10.7. The number of benzene rings is 2. The van der Waals surface area contributed by atoms with E-state index >= 15 is 0 Å². The second-order valence-corrected chi connectivity index (χ2v) is 4.77. The third-order valence-electron chi connectivity index (χ3n) is 2.82. The number of aryl methyl sites for hydroxylation is 3. The predicted octanol–water partition coefficient (Wildman–Crippen LogP) is 5.94. The minimum atomic E-state index is 0.838. The first-order valence-electron chi connectivity index (χ1n) is 7.55. The number of nitrogen functional groups attached to an aromatic ring is 1. The first kappa shape index (κ1) is 19.0. The van der Waals surface area contributed by atoms with Crippen LogP contribution < -0.4 is 5.73 Å². The predicted molar refractivity (Wildman–Crippen MR) is 97.6 cm³/mol. The molecule has 0 radical (unpaired) electrons. The van der Waals surface area contributed by atoms with Gasteiger partial charge in [0.1, 0.15) is 0 Å². The molecule has 2 aromatic carbocycles. The molecule has 1 nitrogen and oxygen atoms in total. The number of anilines is 1. The maximum Gasteiger partial charge on any atom is 0.0316 e. The summed E-state index contributed by atoms with van der Waals surface area (Å²) >= 11 is 0. The highest BCUT2D eigenvalue weighted by molar-refractivity contribution is 5.54. The summed E-state index contributed by atoms with van der Waals surface area (Å²) in [6.07, 6.45) is 4.21. The minimum absolute atomic E-state index is 0.838. The van der Waals surface area contributed by atoms with Gasteiger partial charge in [0, 0.05) is 5.69 Å². The Bertz CT molecular complexity index is 536. The van der Waals surface area contributed by atoms with Crippen molar-refractivity contribution < 1.29 is 0 Å². The Balaban J connectivity index is 0.000000354. The lowest BCUT2D eigenvalue weighted by atomic mass is 10.1. The van der Waals surface area contributed by atoms with E-state index in [1.807, 2.05) is 52.0 Å². The van der Waals surface area contributed by atoms with E-state index in [0.29, 0.717) is 0 Å². The van der Waals surface area contributed by atoms with Crippen LogP contribution in [-0.2, 0) is 0 Å². The van der Waals surface area contributed by atoms with Crippen molar-refractivity contribution in [1.29, 1.82) is 0 Å². The molecule has 0 fully saturated rings. The molecule has 0 aliphatic carbocycles. The molecule has 2 N–H and O–H groups in total. The molecule has 2 rings (SSSR count). The lowest BCUT2D eigenvalue weighted by Crippen LogP contribution is -1.82. The Morgan fingerprint density at radius 3 is 1.95 bits per heavy atom. The van der Waals surface area contributed by atoms with Gasteiger partial charge in [0.15, 0.2) is 0 Å². The summed E-state index contributed by atoms with van der Waals surface area (Å²) in [7, 11) is 0. The molecule has 21 heavy (non-hydrogen) atoms. The van der Waals surface area contributed by atoms with E-state index in [4.69, 9.17) is 5.73 Å².